The first-order chi connectivity index (χ1) is 9.58. The number of hydrogen-bond acceptors (Lipinski definition) is 4. The highest BCUT2D eigenvalue weighted by Gasteiger charge is 2.27. The average molecular weight is 268 g/mol. The number of esters is 2. The van der Waals surface area contributed by atoms with E-state index in [2.05, 4.69) is 0 Å². The summed E-state index contributed by atoms with van der Waals surface area (Å²) in [5, 5.41) is 0. The third-order valence-corrected chi connectivity index (χ3v) is 3.25. The molecular formula is C16H12O4. The van der Waals surface area contributed by atoms with Crippen LogP contribution in [-0.4, -0.2) is 11.9 Å². The van der Waals surface area contributed by atoms with Crippen LogP contribution >= 0.6 is 0 Å². The minimum atomic E-state index is -0.522. The summed E-state index contributed by atoms with van der Waals surface area (Å²) in [6.45, 7) is 3.55. The number of rotatable bonds is 0. The van der Waals surface area contributed by atoms with Crippen LogP contribution in [0.25, 0.3) is 0 Å². The maximum atomic E-state index is 12.2. The second-order valence-corrected chi connectivity index (χ2v) is 4.68. The molecular weight excluding hydrogens is 256 g/mol. The third-order valence-electron chi connectivity index (χ3n) is 3.25. The fraction of sp³-hybridized carbons (Fsp3) is 0.125. The summed E-state index contributed by atoms with van der Waals surface area (Å²) in [4.78, 5) is 24.4. The molecule has 1 heterocycles. The summed E-state index contributed by atoms with van der Waals surface area (Å²) >= 11 is 0. The van der Waals surface area contributed by atoms with Crippen molar-refractivity contribution in [3.63, 3.8) is 0 Å². The predicted molar refractivity (Wildman–Crippen MR) is 72.3 cm³/mol. The van der Waals surface area contributed by atoms with Crippen LogP contribution in [-0.2, 0) is 0 Å². The number of carbonyl (C=O) groups is 2. The van der Waals surface area contributed by atoms with E-state index >= 15 is 0 Å². The van der Waals surface area contributed by atoms with E-state index in [4.69, 9.17) is 9.47 Å². The summed E-state index contributed by atoms with van der Waals surface area (Å²) in [7, 11) is 0. The number of hydrogen-bond donors (Lipinski definition) is 0. The summed E-state index contributed by atoms with van der Waals surface area (Å²) in [5.41, 5.74) is 1.94. The zero-order valence-corrected chi connectivity index (χ0v) is 11.1. The smallest absolute Gasteiger partial charge is 0.347 e. The van der Waals surface area contributed by atoms with Crippen molar-refractivity contribution in [2.24, 2.45) is 0 Å². The van der Waals surface area contributed by atoms with Crippen molar-refractivity contribution in [3.8, 4) is 11.5 Å². The number of carbonyl (C=O) groups excluding carboxylic acids is 2. The Kier molecular flexibility index (Phi) is 2.79. The van der Waals surface area contributed by atoms with Crippen LogP contribution in [0.1, 0.15) is 31.8 Å². The SMILES string of the molecule is Cc1cccc2c1OC(=O)c1cccc(C)c1OC2=O. The van der Waals surface area contributed by atoms with Crippen LogP contribution in [0, 0.1) is 13.8 Å². The van der Waals surface area contributed by atoms with E-state index in [0.29, 0.717) is 11.1 Å². The topological polar surface area (TPSA) is 52.6 Å². The van der Waals surface area contributed by atoms with Crippen LogP contribution in [0.2, 0.25) is 0 Å². The molecule has 1 aliphatic rings. The lowest BCUT2D eigenvalue weighted by Gasteiger charge is -2.18. The second kappa shape index (κ2) is 4.49. The molecule has 0 radical (unpaired) electrons. The molecule has 2 aromatic carbocycles. The van der Waals surface area contributed by atoms with Crippen molar-refractivity contribution >= 4 is 11.9 Å². The fourth-order valence-corrected chi connectivity index (χ4v) is 2.19. The lowest BCUT2D eigenvalue weighted by Crippen LogP contribution is -2.21. The molecule has 3 rings (SSSR count). The first-order valence-corrected chi connectivity index (χ1v) is 6.21. The van der Waals surface area contributed by atoms with Gasteiger partial charge in [0.25, 0.3) is 0 Å². The van der Waals surface area contributed by atoms with Crippen LogP contribution in [0.4, 0.5) is 0 Å². The van der Waals surface area contributed by atoms with Crippen molar-refractivity contribution in [2.75, 3.05) is 0 Å². The van der Waals surface area contributed by atoms with Crippen LogP contribution < -0.4 is 9.47 Å². The van der Waals surface area contributed by atoms with Gasteiger partial charge >= 0.3 is 11.9 Å². The molecule has 0 spiro atoms. The Bertz CT molecular complexity index is 668. The van der Waals surface area contributed by atoms with Gasteiger partial charge in [-0.05, 0) is 37.1 Å². The maximum absolute atomic E-state index is 12.2. The summed E-state index contributed by atoms with van der Waals surface area (Å²) in [5.74, 6) is -0.525. The molecule has 0 bridgehead atoms. The normalized spacial score (nSPS) is 13.5. The first-order valence-electron chi connectivity index (χ1n) is 6.21. The Balaban J connectivity index is 2.21. The molecule has 0 aliphatic carbocycles. The van der Waals surface area contributed by atoms with Gasteiger partial charge in [-0.3, -0.25) is 0 Å². The number of benzene rings is 2. The highest BCUT2D eigenvalue weighted by molar-refractivity contribution is 6.02. The van der Waals surface area contributed by atoms with Gasteiger partial charge in [0, 0.05) is 0 Å². The fourth-order valence-electron chi connectivity index (χ4n) is 2.19. The molecule has 20 heavy (non-hydrogen) atoms. The van der Waals surface area contributed by atoms with Crippen LogP contribution in [0.3, 0.4) is 0 Å². The zero-order valence-electron chi connectivity index (χ0n) is 11.1. The molecule has 0 aromatic heterocycles. The van der Waals surface area contributed by atoms with Crippen molar-refractivity contribution in [3.05, 3.63) is 58.7 Å². The molecule has 0 saturated carbocycles. The van der Waals surface area contributed by atoms with Gasteiger partial charge in [0.2, 0.25) is 0 Å². The minimum Gasteiger partial charge on any atom is -0.422 e. The minimum absolute atomic E-state index is 0.257. The first kappa shape index (κ1) is 12.4. The highest BCUT2D eigenvalue weighted by atomic mass is 16.6. The van der Waals surface area contributed by atoms with Crippen LogP contribution in [0.5, 0.6) is 11.5 Å². The van der Waals surface area contributed by atoms with Crippen molar-refractivity contribution in [2.45, 2.75) is 13.8 Å². The van der Waals surface area contributed by atoms with Crippen molar-refractivity contribution < 1.29 is 19.1 Å². The molecule has 0 amide bonds. The molecule has 0 N–H and O–H groups in total. The molecule has 4 heteroatoms. The van der Waals surface area contributed by atoms with Crippen molar-refractivity contribution in [1.29, 1.82) is 0 Å². The Hall–Kier alpha value is -2.62. The van der Waals surface area contributed by atoms with Gasteiger partial charge in [0.1, 0.15) is 22.6 Å². The van der Waals surface area contributed by atoms with E-state index < -0.39 is 11.9 Å². The number of para-hydroxylation sites is 2. The van der Waals surface area contributed by atoms with E-state index in [-0.39, 0.29) is 22.6 Å². The molecule has 100 valence electrons. The molecule has 0 atom stereocenters. The van der Waals surface area contributed by atoms with Gasteiger partial charge in [-0.1, -0.05) is 24.3 Å². The summed E-state index contributed by atoms with van der Waals surface area (Å²) in [6, 6.07) is 10.2. The average Bonchev–Trinajstić information content (AvgIpc) is 2.41. The monoisotopic (exact) mass is 268 g/mol. The zero-order chi connectivity index (χ0) is 14.3. The van der Waals surface area contributed by atoms with E-state index in [0.717, 1.165) is 0 Å². The third kappa shape index (κ3) is 1.86. The van der Waals surface area contributed by atoms with Gasteiger partial charge in [-0.25, -0.2) is 9.59 Å². The molecule has 1 aliphatic heterocycles. The Morgan fingerprint density at radius 2 is 1.10 bits per heavy atom. The quantitative estimate of drug-likeness (QED) is 0.544. The Labute approximate surface area is 115 Å². The second-order valence-electron chi connectivity index (χ2n) is 4.68. The highest BCUT2D eigenvalue weighted by Crippen LogP contribution is 2.32. The molecule has 0 saturated heterocycles. The van der Waals surface area contributed by atoms with Crippen molar-refractivity contribution in [1.82, 2.24) is 0 Å². The molecule has 0 unspecified atom stereocenters. The Morgan fingerprint density at radius 1 is 0.700 bits per heavy atom. The Morgan fingerprint density at radius 3 is 1.50 bits per heavy atom. The predicted octanol–water partition coefficient (Wildman–Crippen LogP) is 3.06. The van der Waals surface area contributed by atoms with E-state index in [9.17, 15) is 9.59 Å². The molecule has 4 nitrogen and oxygen atoms in total. The summed E-state index contributed by atoms with van der Waals surface area (Å²) < 4.78 is 10.8. The number of aryl methyl sites for hydroxylation is 2. The maximum Gasteiger partial charge on any atom is 0.347 e. The standard InChI is InChI=1S/C16H12O4/c1-9-5-3-7-11-13(9)19-16(18)12-8-4-6-10(2)14(12)20-15(11)17/h3-8H,1-2H3. The van der Waals surface area contributed by atoms with E-state index in [1.165, 1.54) is 0 Å². The van der Waals surface area contributed by atoms with Gasteiger partial charge in [0.15, 0.2) is 0 Å². The molecule has 2 aromatic rings. The van der Waals surface area contributed by atoms with Gasteiger partial charge in [-0.2, -0.15) is 0 Å². The number of fused-ring (bicyclic) bond motifs is 2. The van der Waals surface area contributed by atoms with Gasteiger partial charge < -0.3 is 9.47 Å². The van der Waals surface area contributed by atoms with E-state index in [1.54, 1.807) is 50.2 Å². The number of ether oxygens (including phenoxy) is 2. The van der Waals surface area contributed by atoms with Gasteiger partial charge in [0.05, 0.1) is 0 Å². The lowest BCUT2D eigenvalue weighted by molar-refractivity contribution is 0.0666. The lowest BCUT2D eigenvalue weighted by atomic mass is 10.1. The largest absolute Gasteiger partial charge is 0.422 e. The molecule has 0 fully saturated rings. The van der Waals surface area contributed by atoms with E-state index in [1.807, 2.05) is 0 Å². The summed E-state index contributed by atoms with van der Waals surface area (Å²) in [6.07, 6.45) is 0. The van der Waals surface area contributed by atoms with Crippen LogP contribution in [0.15, 0.2) is 36.4 Å². The van der Waals surface area contributed by atoms with Gasteiger partial charge in [-0.15, -0.1) is 0 Å².